The normalized spacial score (nSPS) is 11.6. The maximum atomic E-state index is 12.4. The number of thiophene rings is 2. The van der Waals surface area contributed by atoms with Gasteiger partial charge in [0, 0.05) is 19.5 Å². The van der Waals surface area contributed by atoms with Crippen molar-refractivity contribution in [3.8, 4) is 16.2 Å². The third-order valence-corrected chi connectivity index (χ3v) is 6.88. The van der Waals surface area contributed by atoms with Crippen LogP contribution in [0.25, 0.3) is 10.4 Å². The molecule has 0 unspecified atom stereocenters. The Morgan fingerprint density at radius 2 is 1.74 bits per heavy atom. The van der Waals surface area contributed by atoms with E-state index in [1.54, 1.807) is 56.7 Å². The monoisotopic (exact) mass is 496 g/mol. The van der Waals surface area contributed by atoms with Gasteiger partial charge in [-0.1, -0.05) is 29.3 Å². The van der Waals surface area contributed by atoms with Crippen molar-refractivity contribution < 1.29 is 14.7 Å². The summed E-state index contributed by atoms with van der Waals surface area (Å²) in [4.78, 5) is 25.7. The van der Waals surface area contributed by atoms with Gasteiger partial charge in [0.1, 0.15) is 5.75 Å². The number of halogens is 2. The van der Waals surface area contributed by atoms with Crippen LogP contribution >= 0.6 is 45.9 Å². The molecule has 0 saturated carbocycles. The van der Waals surface area contributed by atoms with Crippen LogP contribution < -0.4 is 10.9 Å². The largest absolute Gasteiger partial charge is 0.506 e. The quantitative estimate of drug-likeness (QED) is 0.335. The molecule has 2 aromatic heterocycles. The number of rotatable bonds is 6. The molecule has 2 amide bonds. The number of hydrazone groups is 1. The van der Waals surface area contributed by atoms with E-state index in [9.17, 15) is 14.7 Å². The van der Waals surface area contributed by atoms with Gasteiger partial charge in [0.05, 0.1) is 36.0 Å². The van der Waals surface area contributed by atoms with E-state index < -0.39 is 5.91 Å². The Hall–Kier alpha value is -2.43. The van der Waals surface area contributed by atoms with E-state index in [2.05, 4.69) is 16.0 Å². The predicted molar refractivity (Wildman–Crippen MR) is 127 cm³/mol. The summed E-state index contributed by atoms with van der Waals surface area (Å²) >= 11 is 14.4. The fourth-order valence-electron chi connectivity index (χ4n) is 2.54. The summed E-state index contributed by atoms with van der Waals surface area (Å²) in [6, 6.07) is 8.23. The highest BCUT2D eigenvalue weighted by atomic mass is 35.5. The maximum Gasteiger partial charge on any atom is 0.281 e. The zero-order valence-corrected chi connectivity index (χ0v) is 19.8. The number of nitrogens with zero attached hydrogens (tertiary/aromatic N) is 2. The molecule has 0 aliphatic carbocycles. The highest BCUT2D eigenvalue weighted by Gasteiger charge is 2.17. The topological polar surface area (TPSA) is 94.0 Å². The molecule has 0 atom stereocenters. The van der Waals surface area contributed by atoms with Gasteiger partial charge in [-0.25, -0.2) is 10.4 Å². The number of hydrogen-bond acceptors (Lipinski definition) is 7. The molecule has 0 bridgehead atoms. The first-order chi connectivity index (χ1) is 14.7. The average Bonchev–Trinajstić information content (AvgIpc) is 3.35. The van der Waals surface area contributed by atoms with Gasteiger partial charge >= 0.3 is 0 Å². The molecule has 162 valence electrons. The zero-order valence-electron chi connectivity index (χ0n) is 16.7. The Morgan fingerprint density at radius 3 is 2.39 bits per heavy atom. The molecule has 0 aliphatic heterocycles. The van der Waals surface area contributed by atoms with Crippen LogP contribution in [-0.4, -0.2) is 41.7 Å². The number of amides is 2. The highest BCUT2D eigenvalue weighted by Crippen LogP contribution is 2.40. The summed E-state index contributed by atoms with van der Waals surface area (Å²) in [6.07, 6.45) is 0. The number of hydrazine groups is 1. The van der Waals surface area contributed by atoms with Gasteiger partial charge < -0.3 is 5.11 Å². The van der Waals surface area contributed by atoms with Crippen LogP contribution in [0.2, 0.25) is 10.0 Å². The molecular formula is C20H18Cl2N4O3S2. The summed E-state index contributed by atoms with van der Waals surface area (Å²) in [5.74, 6) is -0.711. The van der Waals surface area contributed by atoms with E-state index >= 15 is 0 Å². The number of hydrogen-bond donors (Lipinski definition) is 3. The molecule has 0 aliphatic rings. The van der Waals surface area contributed by atoms with Gasteiger partial charge in [-0.05, 0) is 36.8 Å². The molecule has 0 radical (unpaired) electrons. The van der Waals surface area contributed by atoms with Crippen molar-refractivity contribution in [3.05, 3.63) is 61.1 Å². The lowest BCUT2D eigenvalue weighted by Crippen LogP contribution is -2.35. The van der Waals surface area contributed by atoms with E-state index in [1.165, 1.54) is 16.3 Å². The number of carbonyl (C=O) groups excluding carboxylic acids is 2. The second-order valence-corrected chi connectivity index (χ2v) is 9.37. The van der Waals surface area contributed by atoms with Gasteiger partial charge in [-0.2, -0.15) is 5.10 Å². The Bertz CT molecular complexity index is 1170. The SMILES string of the molecule is C/C(=N\NC(=O)c1ccc(C(=O)NN(C)C)s1)c1csc(-c2ccc(Cl)c(Cl)c2)c1O. The molecule has 3 rings (SSSR count). The number of carbonyl (C=O) groups is 2. The van der Waals surface area contributed by atoms with Crippen molar-refractivity contribution in [1.82, 2.24) is 15.9 Å². The molecule has 31 heavy (non-hydrogen) atoms. The Labute approximate surface area is 196 Å². The van der Waals surface area contributed by atoms with Crippen molar-refractivity contribution in [2.75, 3.05) is 14.1 Å². The average molecular weight is 497 g/mol. The molecule has 7 nitrogen and oxygen atoms in total. The Kier molecular flexibility index (Phi) is 7.34. The highest BCUT2D eigenvalue weighted by molar-refractivity contribution is 7.16. The first kappa shape index (κ1) is 23.2. The summed E-state index contributed by atoms with van der Waals surface area (Å²) in [7, 11) is 3.40. The van der Waals surface area contributed by atoms with Crippen molar-refractivity contribution in [1.29, 1.82) is 0 Å². The maximum absolute atomic E-state index is 12.4. The molecular weight excluding hydrogens is 479 g/mol. The van der Waals surface area contributed by atoms with Crippen LogP contribution in [-0.2, 0) is 0 Å². The lowest BCUT2D eigenvalue weighted by molar-refractivity contribution is 0.0861. The summed E-state index contributed by atoms with van der Waals surface area (Å²) in [5, 5.41) is 18.8. The van der Waals surface area contributed by atoms with Crippen LogP contribution in [0.1, 0.15) is 31.8 Å². The number of benzene rings is 1. The van der Waals surface area contributed by atoms with Gasteiger partial charge in [0.2, 0.25) is 0 Å². The summed E-state index contributed by atoms with van der Waals surface area (Å²) in [5.41, 5.74) is 6.71. The van der Waals surface area contributed by atoms with Crippen LogP contribution in [0.15, 0.2) is 40.8 Å². The zero-order chi connectivity index (χ0) is 22.7. The van der Waals surface area contributed by atoms with Crippen molar-refractivity contribution in [2.24, 2.45) is 5.10 Å². The van der Waals surface area contributed by atoms with E-state index in [-0.39, 0.29) is 11.7 Å². The van der Waals surface area contributed by atoms with E-state index in [4.69, 9.17) is 23.2 Å². The second-order valence-electron chi connectivity index (χ2n) is 6.59. The predicted octanol–water partition coefficient (Wildman–Crippen LogP) is 4.85. The molecule has 3 N–H and O–H groups in total. The van der Waals surface area contributed by atoms with Crippen molar-refractivity contribution in [3.63, 3.8) is 0 Å². The third kappa shape index (κ3) is 5.44. The number of aromatic hydroxyl groups is 1. The van der Waals surface area contributed by atoms with Gasteiger partial charge in [0.25, 0.3) is 11.8 Å². The third-order valence-electron chi connectivity index (χ3n) is 4.04. The van der Waals surface area contributed by atoms with E-state index in [0.717, 1.165) is 16.9 Å². The molecule has 0 fully saturated rings. The molecule has 11 heteroatoms. The molecule has 1 aromatic carbocycles. The Balaban J connectivity index is 1.73. The first-order valence-corrected chi connectivity index (χ1v) is 11.3. The summed E-state index contributed by atoms with van der Waals surface area (Å²) < 4.78 is 0. The second kappa shape index (κ2) is 9.80. The lowest BCUT2D eigenvalue weighted by atomic mass is 10.1. The Morgan fingerprint density at radius 1 is 1.06 bits per heavy atom. The van der Waals surface area contributed by atoms with E-state index in [1.807, 2.05) is 0 Å². The standard InChI is InChI=1S/C20H18Cl2N4O3S2/c1-10(12-9-30-18(17(12)27)11-4-5-13(21)14(22)8-11)23-24-19(28)15-6-7-16(31-15)20(29)25-26(2)3/h4-9,27H,1-3H3,(H,24,28)(H,25,29)/b23-10+. The molecule has 2 heterocycles. The molecule has 3 aromatic rings. The number of nitrogens with one attached hydrogen (secondary N) is 2. The minimum Gasteiger partial charge on any atom is -0.506 e. The van der Waals surface area contributed by atoms with Crippen LogP contribution in [0.3, 0.4) is 0 Å². The lowest BCUT2D eigenvalue weighted by Gasteiger charge is -2.09. The molecule has 0 spiro atoms. The summed E-state index contributed by atoms with van der Waals surface area (Å²) in [6.45, 7) is 1.67. The van der Waals surface area contributed by atoms with Crippen LogP contribution in [0, 0.1) is 0 Å². The van der Waals surface area contributed by atoms with E-state index in [0.29, 0.717) is 36.0 Å². The van der Waals surface area contributed by atoms with Crippen LogP contribution in [0.4, 0.5) is 0 Å². The minimum atomic E-state index is -0.451. The smallest absolute Gasteiger partial charge is 0.281 e. The fraction of sp³-hybridized carbons (Fsp3) is 0.150. The van der Waals surface area contributed by atoms with Crippen LogP contribution in [0.5, 0.6) is 5.75 Å². The van der Waals surface area contributed by atoms with Gasteiger partial charge in [-0.3, -0.25) is 15.0 Å². The fourth-order valence-corrected chi connectivity index (χ4v) is 4.63. The molecule has 0 saturated heterocycles. The van der Waals surface area contributed by atoms with Crippen molar-refractivity contribution in [2.45, 2.75) is 6.92 Å². The first-order valence-electron chi connectivity index (χ1n) is 8.86. The van der Waals surface area contributed by atoms with Gasteiger partial charge in [0.15, 0.2) is 0 Å². The minimum absolute atomic E-state index is 0.0395. The van der Waals surface area contributed by atoms with Crippen molar-refractivity contribution >= 4 is 63.4 Å². The van der Waals surface area contributed by atoms with Gasteiger partial charge in [-0.15, -0.1) is 22.7 Å².